The molecule has 1 amide bonds. The summed E-state index contributed by atoms with van der Waals surface area (Å²) in [5.41, 5.74) is 0.926. The first-order chi connectivity index (χ1) is 15.0. The van der Waals surface area contributed by atoms with Crippen LogP contribution in [0.25, 0.3) is 0 Å². The van der Waals surface area contributed by atoms with Crippen LogP contribution in [-0.4, -0.2) is 46.0 Å². The highest BCUT2D eigenvalue weighted by Crippen LogP contribution is 2.32. The molecule has 0 aliphatic carbocycles. The van der Waals surface area contributed by atoms with E-state index in [2.05, 4.69) is 10.0 Å². The van der Waals surface area contributed by atoms with Gasteiger partial charge in [-0.15, -0.1) is 11.3 Å². The van der Waals surface area contributed by atoms with Gasteiger partial charge in [0.15, 0.2) is 6.61 Å². The maximum Gasteiger partial charge on any atom is 0.341 e. The molecule has 9 nitrogen and oxygen atoms in total. The Bertz CT molecular complexity index is 1090. The third kappa shape index (κ3) is 6.15. The summed E-state index contributed by atoms with van der Waals surface area (Å²) in [4.78, 5) is 37.7. The number of hydrogen-bond donors (Lipinski definition) is 2. The molecule has 0 spiro atoms. The number of thiophene rings is 1. The molecule has 11 heteroatoms. The van der Waals surface area contributed by atoms with Crippen molar-refractivity contribution in [1.82, 2.24) is 4.72 Å². The molecule has 1 aromatic heterocycles. The number of benzene rings is 1. The van der Waals surface area contributed by atoms with E-state index < -0.39 is 46.4 Å². The van der Waals surface area contributed by atoms with E-state index in [1.54, 1.807) is 45.9 Å². The van der Waals surface area contributed by atoms with Crippen LogP contribution in [-0.2, 0) is 29.1 Å². The molecule has 0 fully saturated rings. The van der Waals surface area contributed by atoms with E-state index in [-0.39, 0.29) is 15.5 Å². The van der Waals surface area contributed by atoms with Crippen LogP contribution < -0.4 is 10.0 Å². The number of amides is 1. The molecule has 0 saturated heterocycles. The van der Waals surface area contributed by atoms with Crippen molar-refractivity contribution in [3.63, 3.8) is 0 Å². The van der Waals surface area contributed by atoms with Crippen LogP contribution in [0, 0.1) is 19.8 Å². The summed E-state index contributed by atoms with van der Waals surface area (Å²) in [6.07, 6.45) is 0. The second-order valence-electron chi connectivity index (χ2n) is 7.29. The van der Waals surface area contributed by atoms with Crippen molar-refractivity contribution in [2.45, 2.75) is 38.6 Å². The fraction of sp³-hybridized carbons (Fsp3) is 0.381. The molecule has 2 N–H and O–H groups in total. The van der Waals surface area contributed by atoms with E-state index >= 15 is 0 Å². The fourth-order valence-electron chi connectivity index (χ4n) is 2.74. The van der Waals surface area contributed by atoms with Gasteiger partial charge in [0.25, 0.3) is 5.91 Å². The first kappa shape index (κ1) is 25.5. The van der Waals surface area contributed by atoms with Crippen molar-refractivity contribution < 1.29 is 32.3 Å². The third-order valence-corrected chi connectivity index (χ3v) is 7.21. The van der Waals surface area contributed by atoms with Crippen LogP contribution in [0.1, 0.15) is 34.6 Å². The second-order valence-corrected chi connectivity index (χ2v) is 10.2. The van der Waals surface area contributed by atoms with Gasteiger partial charge in [0.1, 0.15) is 11.0 Å². The summed E-state index contributed by atoms with van der Waals surface area (Å²) in [7, 11) is -2.72. The number of sulfonamides is 1. The maximum atomic E-state index is 12.6. The molecular formula is C21H26N2O7S2. The summed E-state index contributed by atoms with van der Waals surface area (Å²) in [5.74, 6) is -2.58. The Hall–Kier alpha value is -2.76. The summed E-state index contributed by atoms with van der Waals surface area (Å²) < 4.78 is 37.3. The van der Waals surface area contributed by atoms with Gasteiger partial charge in [-0.05, 0) is 37.5 Å². The van der Waals surface area contributed by atoms with E-state index in [1.807, 2.05) is 0 Å². The molecule has 2 aromatic rings. The first-order valence-electron chi connectivity index (χ1n) is 9.70. The monoisotopic (exact) mass is 482 g/mol. The maximum absolute atomic E-state index is 12.6. The smallest absolute Gasteiger partial charge is 0.341 e. The topological polar surface area (TPSA) is 128 Å². The SMILES string of the molecule is COC(=O)c1c(NC(=O)COC(=O)[C@H](NS(=O)(=O)c2ccccc2)C(C)C)sc(C)c1C. The Kier molecular flexibility index (Phi) is 8.53. The van der Waals surface area contributed by atoms with Gasteiger partial charge in [-0.3, -0.25) is 9.59 Å². The Morgan fingerprint density at radius 1 is 1.09 bits per heavy atom. The van der Waals surface area contributed by atoms with Crippen molar-refractivity contribution in [3.8, 4) is 0 Å². The number of carbonyl (C=O) groups is 3. The molecule has 0 saturated carbocycles. The third-order valence-electron chi connectivity index (χ3n) is 4.63. The van der Waals surface area contributed by atoms with Gasteiger partial charge in [-0.1, -0.05) is 32.0 Å². The summed E-state index contributed by atoms with van der Waals surface area (Å²) in [6.45, 7) is 6.19. The zero-order valence-electron chi connectivity index (χ0n) is 18.4. The van der Waals surface area contributed by atoms with Crippen molar-refractivity contribution in [3.05, 3.63) is 46.3 Å². The minimum atomic E-state index is -3.96. The average Bonchev–Trinajstić information content (AvgIpc) is 3.03. The number of anilines is 1. The number of carbonyl (C=O) groups excluding carboxylic acids is 3. The van der Waals surface area contributed by atoms with Gasteiger partial charge < -0.3 is 14.8 Å². The zero-order chi connectivity index (χ0) is 24.1. The fourth-order valence-corrected chi connectivity index (χ4v) is 5.16. The number of hydrogen-bond acceptors (Lipinski definition) is 8. The van der Waals surface area contributed by atoms with E-state index in [9.17, 15) is 22.8 Å². The average molecular weight is 483 g/mol. The number of aryl methyl sites for hydroxylation is 1. The lowest BCUT2D eigenvalue weighted by molar-refractivity contribution is -0.150. The van der Waals surface area contributed by atoms with E-state index in [1.165, 1.54) is 30.6 Å². The van der Waals surface area contributed by atoms with Gasteiger partial charge in [-0.2, -0.15) is 4.72 Å². The molecule has 1 atom stereocenters. The Balaban J connectivity index is 2.06. The van der Waals surface area contributed by atoms with Gasteiger partial charge in [0, 0.05) is 4.88 Å². The lowest BCUT2D eigenvalue weighted by atomic mass is 10.1. The predicted molar refractivity (Wildman–Crippen MR) is 120 cm³/mol. The molecule has 0 aliphatic rings. The van der Waals surface area contributed by atoms with Crippen molar-refractivity contribution in [2.24, 2.45) is 5.92 Å². The minimum Gasteiger partial charge on any atom is -0.465 e. The van der Waals surface area contributed by atoms with Crippen molar-refractivity contribution in [2.75, 3.05) is 19.0 Å². The molecule has 32 heavy (non-hydrogen) atoms. The molecule has 0 radical (unpaired) electrons. The molecule has 1 aromatic carbocycles. The number of nitrogens with one attached hydrogen (secondary N) is 2. The lowest BCUT2D eigenvalue weighted by Crippen LogP contribution is -2.45. The Morgan fingerprint density at radius 2 is 1.72 bits per heavy atom. The van der Waals surface area contributed by atoms with Crippen LogP contribution >= 0.6 is 11.3 Å². The Labute approximate surface area is 191 Å². The molecular weight excluding hydrogens is 456 g/mol. The molecule has 0 aliphatic heterocycles. The molecule has 174 valence electrons. The normalized spacial score (nSPS) is 12.3. The quantitative estimate of drug-likeness (QED) is 0.526. The largest absolute Gasteiger partial charge is 0.465 e. The zero-order valence-corrected chi connectivity index (χ0v) is 20.1. The summed E-state index contributed by atoms with van der Waals surface area (Å²) in [5, 5.41) is 2.84. The van der Waals surface area contributed by atoms with Crippen LogP contribution in [0.3, 0.4) is 0 Å². The van der Waals surface area contributed by atoms with Crippen LogP contribution in [0.2, 0.25) is 0 Å². The molecule has 1 heterocycles. The Morgan fingerprint density at radius 3 is 2.28 bits per heavy atom. The highest BCUT2D eigenvalue weighted by molar-refractivity contribution is 7.89. The van der Waals surface area contributed by atoms with Crippen molar-refractivity contribution >= 4 is 44.2 Å². The standard InChI is InChI=1S/C21H26N2O7S2/c1-12(2)18(23-32(27,28)15-9-7-6-8-10-15)21(26)30-11-16(24)22-19-17(20(25)29-5)13(3)14(4)31-19/h6-10,12,18,23H,11H2,1-5H3,(H,22,24)/t18-/m1/s1. The van der Waals surface area contributed by atoms with Gasteiger partial charge >= 0.3 is 11.9 Å². The molecule has 2 rings (SSSR count). The number of methoxy groups -OCH3 is 1. The van der Waals surface area contributed by atoms with Gasteiger partial charge in [-0.25, -0.2) is 13.2 Å². The van der Waals surface area contributed by atoms with Crippen LogP contribution in [0.4, 0.5) is 5.00 Å². The number of esters is 2. The van der Waals surface area contributed by atoms with Crippen LogP contribution in [0.5, 0.6) is 0 Å². The van der Waals surface area contributed by atoms with E-state index in [0.717, 1.165) is 4.88 Å². The van der Waals surface area contributed by atoms with Crippen molar-refractivity contribution in [1.29, 1.82) is 0 Å². The second kappa shape index (κ2) is 10.7. The number of ether oxygens (including phenoxy) is 2. The van der Waals surface area contributed by atoms with Crippen LogP contribution in [0.15, 0.2) is 35.2 Å². The van der Waals surface area contributed by atoms with Gasteiger partial charge in [0.2, 0.25) is 10.0 Å². The van der Waals surface area contributed by atoms with E-state index in [0.29, 0.717) is 5.56 Å². The highest BCUT2D eigenvalue weighted by Gasteiger charge is 2.30. The van der Waals surface area contributed by atoms with Gasteiger partial charge in [0.05, 0.1) is 17.6 Å². The summed E-state index contributed by atoms with van der Waals surface area (Å²) >= 11 is 1.20. The first-order valence-corrected chi connectivity index (χ1v) is 12.0. The minimum absolute atomic E-state index is 0.00923. The highest BCUT2D eigenvalue weighted by atomic mass is 32.2. The number of rotatable bonds is 9. The molecule has 0 bridgehead atoms. The summed E-state index contributed by atoms with van der Waals surface area (Å²) in [6, 6.07) is 6.43. The van der Waals surface area contributed by atoms with E-state index in [4.69, 9.17) is 9.47 Å². The molecule has 0 unspecified atom stereocenters. The lowest BCUT2D eigenvalue weighted by Gasteiger charge is -2.20. The predicted octanol–water partition coefficient (Wildman–Crippen LogP) is 2.64.